The number of fused-ring (bicyclic) bond motifs is 1. The molecule has 0 bridgehead atoms. The summed E-state index contributed by atoms with van der Waals surface area (Å²) in [6.07, 6.45) is 1.45. The lowest BCUT2D eigenvalue weighted by Crippen LogP contribution is -2.05. The van der Waals surface area contributed by atoms with Crippen molar-refractivity contribution in [2.24, 2.45) is 0 Å². The Hall–Kier alpha value is -2.14. The summed E-state index contributed by atoms with van der Waals surface area (Å²) in [6.45, 7) is 0. The lowest BCUT2D eigenvalue weighted by atomic mass is 10.1. The summed E-state index contributed by atoms with van der Waals surface area (Å²) < 4.78 is 5.76. The summed E-state index contributed by atoms with van der Waals surface area (Å²) in [5, 5.41) is 0.831. The Morgan fingerprint density at radius 3 is 2.79 bits per heavy atom. The maximum Gasteiger partial charge on any atom is 0.247 e. The Bertz CT molecular complexity index is 780. The lowest BCUT2D eigenvalue weighted by Gasteiger charge is -2.04. The first-order valence-corrected chi connectivity index (χ1v) is 6.39. The molecule has 0 aliphatic rings. The summed E-state index contributed by atoms with van der Waals surface area (Å²) >= 11 is 3.26. The van der Waals surface area contributed by atoms with Gasteiger partial charge in [-0.05, 0) is 34.1 Å². The zero-order valence-electron chi connectivity index (χ0n) is 9.76. The molecule has 2 N–H and O–H groups in total. The summed E-state index contributed by atoms with van der Waals surface area (Å²) in [4.78, 5) is 16.6. The van der Waals surface area contributed by atoms with Crippen LogP contribution >= 0.6 is 15.9 Å². The minimum absolute atomic E-state index is 0.224. The minimum atomic E-state index is -0.297. The van der Waals surface area contributed by atoms with E-state index in [1.807, 2.05) is 24.3 Å². The molecule has 4 nitrogen and oxygen atoms in total. The molecule has 5 heteroatoms. The molecule has 94 valence electrons. The van der Waals surface area contributed by atoms with E-state index < -0.39 is 0 Å². The van der Waals surface area contributed by atoms with Gasteiger partial charge in [-0.3, -0.25) is 4.79 Å². The molecule has 0 aliphatic heterocycles. The van der Waals surface area contributed by atoms with Gasteiger partial charge < -0.3 is 10.2 Å². The molecular weight excluding hydrogens is 308 g/mol. The molecule has 0 aliphatic carbocycles. The van der Waals surface area contributed by atoms with Gasteiger partial charge in [0.15, 0.2) is 5.76 Å². The molecular formula is C14H9BrN2O2. The largest absolute Gasteiger partial charge is 0.460 e. The fourth-order valence-electron chi connectivity index (χ4n) is 1.89. The van der Waals surface area contributed by atoms with Gasteiger partial charge in [0.05, 0.1) is 16.3 Å². The zero-order valence-corrected chi connectivity index (χ0v) is 11.3. The van der Waals surface area contributed by atoms with Gasteiger partial charge in [-0.15, -0.1) is 0 Å². The quantitative estimate of drug-likeness (QED) is 0.736. The van der Waals surface area contributed by atoms with Crippen molar-refractivity contribution >= 4 is 38.3 Å². The first-order chi connectivity index (χ1) is 9.16. The predicted octanol–water partition coefficient (Wildman–Crippen LogP) is 3.40. The molecule has 0 amide bonds. The molecule has 3 aromatic rings. The highest BCUT2D eigenvalue weighted by Crippen LogP contribution is 2.24. The number of nitrogen functional groups attached to an aromatic ring is 1. The van der Waals surface area contributed by atoms with E-state index in [9.17, 15) is 4.79 Å². The topological polar surface area (TPSA) is 69.1 Å². The van der Waals surface area contributed by atoms with Gasteiger partial charge in [0.25, 0.3) is 0 Å². The number of anilines is 1. The Labute approximate surface area is 117 Å². The van der Waals surface area contributed by atoms with Crippen LogP contribution in [0.5, 0.6) is 0 Å². The van der Waals surface area contributed by atoms with Crippen molar-refractivity contribution in [3.05, 3.63) is 58.6 Å². The number of carbonyl (C=O) groups is 1. The van der Waals surface area contributed by atoms with Crippen molar-refractivity contribution in [3.63, 3.8) is 0 Å². The van der Waals surface area contributed by atoms with E-state index in [-0.39, 0.29) is 17.2 Å². The van der Waals surface area contributed by atoms with E-state index in [0.29, 0.717) is 15.7 Å². The van der Waals surface area contributed by atoms with Crippen LogP contribution in [-0.2, 0) is 0 Å². The maximum absolute atomic E-state index is 12.3. The Balaban J connectivity index is 2.16. The van der Waals surface area contributed by atoms with E-state index in [2.05, 4.69) is 20.9 Å². The number of rotatable bonds is 2. The van der Waals surface area contributed by atoms with E-state index >= 15 is 0 Å². The van der Waals surface area contributed by atoms with Gasteiger partial charge in [-0.1, -0.05) is 18.2 Å². The van der Waals surface area contributed by atoms with Crippen LogP contribution in [0.1, 0.15) is 16.2 Å². The SMILES string of the molecule is Nc1cc(C(=O)c2occc2Br)nc2ccccc12. The number of hydrogen-bond donors (Lipinski definition) is 1. The molecule has 3 rings (SSSR count). The van der Waals surface area contributed by atoms with Crippen molar-refractivity contribution in [1.29, 1.82) is 0 Å². The molecule has 19 heavy (non-hydrogen) atoms. The van der Waals surface area contributed by atoms with Crippen LogP contribution in [0.25, 0.3) is 10.9 Å². The number of halogens is 1. The average Bonchev–Trinajstić information content (AvgIpc) is 2.84. The van der Waals surface area contributed by atoms with Crippen LogP contribution in [0.15, 0.2) is 51.6 Å². The second kappa shape index (κ2) is 4.51. The number of carbonyl (C=O) groups excluding carboxylic acids is 1. The molecule has 2 aromatic heterocycles. The lowest BCUT2D eigenvalue weighted by molar-refractivity contribution is 0.100. The van der Waals surface area contributed by atoms with Gasteiger partial charge in [0.1, 0.15) is 5.69 Å². The molecule has 0 fully saturated rings. The number of aromatic nitrogens is 1. The van der Waals surface area contributed by atoms with E-state index in [0.717, 1.165) is 5.39 Å². The number of ketones is 1. The highest BCUT2D eigenvalue weighted by molar-refractivity contribution is 9.10. The van der Waals surface area contributed by atoms with Crippen LogP contribution in [0.3, 0.4) is 0 Å². The summed E-state index contributed by atoms with van der Waals surface area (Å²) in [5.41, 5.74) is 7.44. The average molecular weight is 317 g/mol. The Morgan fingerprint density at radius 1 is 1.26 bits per heavy atom. The molecule has 2 heterocycles. The molecule has 0 saturated heterocycles. The minimum Gasteiger partial charge on any atom is -0.460 e. The van der Waals surface area contributed by atoms with Gasteiger partial charge in [0, 0.05) is 11.1 Å². The second-order valence-corrected chi connectivity index (χ2v) is 4.89. The number of hydrogen-bond acceptors (Lipinski definition) is 4. The van der Waals surface area contributed by atoms with Gasteiger partial charge in [-0.2, -0.15) is 0 Å². The number of benzene rings is 1. The van der Waals surface area contributed by atoms with Crippen molar-refractivity contribution in [2.45, 2.75) is 0 Å². The van der Waals surface area contributed by atoms with Crippen LogP contribution in [-0.4, -0.2) is 10.8 Å². The van der Waals surface area contributed by atoms with Crippen molar-refractivity contribution in [2.75, 3.05) is 5.73 Å². The maximum atomic E-state index is 12.3. The van der Waals surface area contributed by atoms with Crippen molar-refractivity contribution in [3.8, 4) is 0 Å². The smallest absolute Gasteiger partial charge is 0.247 e. The molecule has 0 unspecified atom stereocenters. The fraction of sp³-hybridized carbons (Fsp3) is 0. The molecule has 0 saturated carbocycles. The first kappa shape index (κ1) is 11.9. The predicted molar refractivity (Wildman–Crippen MR) is 76.0 cm³/mol. The van der Waals surface area contributed by atoms with Crippen molar-refractivity contribution in [1.82, 2.24) is 4.98 Å². The Morgan fingerprint density at radius 2 is 2.05 bits per heavy atom. The van der Waals surface area contributed by atoms with Crippen LogP contribution in [0.2, 0.25) is 0 Å². The first-order valence-electron chi connectivity index (χ1n) is 5.60. The van der Waals surface area contributed by atoms with Crippen LogP contribution in [0.4, 0.5) is 5.69 Å². The zero-order chi connectivity index (χ0) is 13.4. The fourth-order valence-corrected chi connectivity index (χ4v) is 2.27. The number of nitrogens with zero attached hydrogens (tertiary/aromatic N) is 1. The van der Waals surface area contributed by atoms with Gasteiger partial charge in [0.2, 0.25) is 5.78 Å². The standard InChI is InChI=1S/C14H9BrN2O2/c15-9-5-6-19-14(9)13(18)12-7-10(16)8-3-1-2-4-11(8)17-12/h1-7H,(H2,16,17). The number of nitrogens with two attached hydrogens (primary N) is 1. The van der Waals surface area contributed by atoms with Crippen LogP contribution in [0, 0.1) is 0 Å². The van der Waals surface area contributed by atoms with E-state index in [1.54, 1.807) is 12.1 Å². The normalized spacial score (nSPS) is 10.8. The summed E-state index contributed by atoms with van der Waals surface area (Å²) in [7, 11) is 0. The molecule has 0 spiro atoms. The summed E-state index contributed by atoms with van der Waals surface area (Å²) in [6, 6.07) is 10.7. The molecule has 0 radical (unpaired) electrons. The monoisotopic (exact) mass is 316 g/mol. The third-order valence-electron chi connectivity index (χ3n) is 2.80. The summed E-state index contributed by atoms with van der Waals surface area (Å²) in [5.74, 6) is -0.0727. The van der Waals surface area contributed by atoms with Gasteiger partial charge in [-0.25, -0.2) is 4.98 Å². The van der Waals surface area contributed by atoms with Crippen LogP contribution < -0.4 is 5.73 Å². The number of furan rings is 1. The highest BCUT2D eigenvalue weighted by atomic mass is 79.9. The van der Waals surface area contributed by atoms with E-state index in [1.165, 1.54) is 6.26 Å². The third-order valence-corrected chi connectivity index (χ3v) is 3.43. The Kier molecular flexibility index (Phi) is 2.83. The van der Waals surface area contributed by atoms with E-state index in [4.69, 9.17) is 10.2 Å². The second-order valence-electron chi connectivity index (χ2n) is 4.04. The van der Waals surface area contributed by atoms with Crippen molar-refractivity contribution < 1.29 is 9.21 Å². The molecule has 0 atom stereocenters. The molecule has 1 aromatic carbocycles. The highest BCUT2D eigenvalue weighted by Gasteiger charge is 2.18. The number of pyridine rings is 1. The number of para-hydroxylation sites is 1. The van der Waals surface area contributed by atoms with Gasteiger partial charge >= 0.3 is 0 Å². The third kappa shape index (κ3) is 2.02.